The molecule has 0 saturated carbocycles. The number of nitrogens with zero attached hydrogens (tertiary/aromatic N) is 3. The van der Waals surface area contributed by atoms with Crippen molar-refractivity contribution in [2.75, 3.05) is 0 Å². The Morgan fingerprint density at radius 1 is 1.42 bits per heavy atom. The molecule has 1 aliphatic rings. The van der Waals surface area contributed by atoms with Gasteiger partial charge in [0.1, 0.15) is 11.7 Å². The van der Waals surface area contributed by atoms with Gasteiger partial charge < -0.3 is 14.8 Å². The van der Waals surface area contributed by atoms with Gasteiger partial charge in [0.2, 0.25) is 0 Å². The molecule has 1 aliphatic heterocycles. The number of carbonyl (C=O) groups is 2. The Hall–Kier alpha value is -3.60. The van der Waals surface area contributed by atoms with Crippen LogP contribution < -0.4 is 5.32 Å². The number of hydrogen-bond acceptors (Lipinski definition) is 5. The first-order valence-electron chi connectivity index (χ1n) is 6.97. The van der Waals surface area contributed by atoms with Crippen LogP contribution in [0.1, 0.15) is 18.7 Å². The number of rotatable bonds is 2. The molecular weight excluding hydrogens is 312 g/mol. The monoisotopic (exact) mass is 324 g/mol. The topological polar surface area (TPSA) is 119 Å². The Balaban J connectivity index is 2.21. The van der Waals surface area contributed by atoms with E-state index in [-0.39, 0.29) is 17.0 Å². The van der Waals surface area contributed by atoms with Gasteiger partial charge in [-0.2, -0.15) is 5.26 Å². The Morgan fingerprint density at radius 3 is 2.75 bits per heavy atom. The number of hydrogen-bond donors (Lipinski definition) is 2. The second-order valence-electron chi connectivity index (χ2n) is 5.07. The average Bonchev–Trinajstić information content (AvgIpc) is 3.03. The number of carboxylic acid groups (broad SMARTS) is 1. The number of carbonyl (C=O) groups excluding carboxylic acids is 1. The molecule has 0 spiro atoms. The predicted molar refractivity (Wildman–Crippen MR) is 81.4 cm³/mol. The Kier molecular flexibility index (Phi) is 3.75. The van der Waals surface area contributed by atoms with Crippen LogP contribution in [0.2, 0.25) is 0 Å². The first-order valence-corrected chi connectivity index (χ1v) is 6.97. The van der Waals surface area contributed by atoms with Crippen LogP contribution in [0.5, 0.6) is 0 Å². The van der Waals surface area contributed by atoms with Gasteiger partial charge in [0.25, 0.3) is 0 Å². The third kappa shape index (κ3) is 2.38. The minimum atomic E-state index is -1.49. The van der Waals surface area contributed by atoms with Gasteiger partial charge in [-0.3, -0.25) is 0 Å². The van der Waals surface area contributed by atoms with E-state index < -0.39 is 18.2 Å². The lowest BCUT2D eigenvalue weighted by Gasteiger charge is -2.31. The second kappa shape index (κ2) is 5.89. The molecule has 3 amide bonds. The summed E-state index contributed by atoms with van der Waals surface area (Å²) < 4.78 is 5.40. The van der Waals surface area contributed by atoms with E-state index in [0.29, 0.717) is 16.2 Å². The minimum Gasteiger partial charge on any atom is -0.465 e. The molecule has 0 aliphatic carbocycles. The summed E-state index contributed by atoms with van der Waals surface area (Å²) in [6.45, 7) is 1.53. The van der Waals surface area contributed by atoms with Crippen LogP contribution in [0.3, 0.4) is 0 Å². The van der Waals surface area contributed by atoms with Gasteiger partial charge in [0.15, 0.2) is 12.2 Å². The maximum atomic E-state index is 12.1. The Morgan fingerprint density at radius 2 is 2.12 bits per heavy atom. The number of nitrogens with one attached hydrogen (secondary N) is 1. The Labute approximate surface area is 136 Å². The molecule has 120 valence electrons. The van der Waals surface area contributed by atoms with Crippen molar-refractivity contribution in [1.29, 1.82) is 5.26 Å². The fraction of sp³-hybridized carbons (Fsp3) is 0.125. The largest absolute Gasteiger partial charge is 0.465 e. The molecule has 3 rings (SSSR count). The summed E-state index contributed by atoms with van der Waals surface area (Å²) in [7, 11) is 0. The van der Waals surface area contributed by atoms with Gasteiger partial charge in [-0.25, -0.2) is 19.5 Å². The quantitative estimate of drug-likeness (QED) is 0.876. The van der Waals surface area contributed by atoms with E-state index in [2.05, 4.69) is 10.3 Å². The first kappa shape index (κ1) is 15.3. The highest BCUT2D eigenvalue weighted by Crippen LogP contribution is 2.37. The maximum absolute atomic E-state index is 12.1. The number of benzene rings is 1. The van der Waals surface area contributed by atoms with E-state index >= 15 is 0 Å². The summed E-state index contributed by atoms with van der Waals surface area (Å²) in [6.07, 6.45) is -0.325. The molecule has 0 radical (unpaired) electrons. The fourth-order valence-corrected chi connectivity index (χ4v) is 2.60. The highest BCUT2D eigenvalue weighted by Gasteiger charge is 2.41. The summed E-state index contributed by atoms with van der Waals surface area (Å²) in [5.41, 5.74) is 1.22. The van der Waals surface area contributed by atoms with Crippen molar-refractivity contribution >= 4 is 12.1 Å². The SMILES string of the molecule is CC1=C(C#N)C(c2ncoc2-c2ccccc2)N(C(=O)O)C(=O)N1. The molecule has 0 saturated heterocycles. The third-order valence-electron chi connectivity index (χ3n) is 3.67. The molecule has 0 fully saturated rings. The fourth-order valence-electron chi connectivity index (χ4n) is 2.60. The smallest absolute Gasteiger partial charge is 0.416 e. The van der Waals surface area contributed by atoms with E-state index in [0.717, 1.165) is 6.39 Å². The molecule has 2 heterocycles. The average molecular weight is 324 g/mol. The van der Waals surface area contributed by atoms with Gasteiger partial charge in [-0.05, 0) is 6.92 Å². The van der Waals surface area contributed by atoms with Crippen LogP contribution in [0, 0.1) is 11.3 Å². The van der Waals surface area contributed by atoms with Crippen molar-refractivity contribution in [2.24, 2.45) is 0 Å². The number of amides is 3. The Bertz CT molecular complexity index is 879. The van der Waals surface area contributed by atoms with E-state index in [1.54, 1.807) is 24.3 Å². The van der Waals surface area contributed by atoms with Gasteiger partial charge in [-0.15, -0.1) is 0 Å². The predicted octanol–water partition coefficient (Wildman–Crippen LogP) is 2.88. The molecule has 8 heteroatoms. The lowest BCUT2D eigenvalue weighted by atomic mass is 9.96. The summed E-state index contributed by atoms with van der Waals surface area (Å²) in [4.78, 5) is 28.3. The van der Waals surface area contributed by atoms with Crippen LogP contribution >= 0.6 is 0 Å². The van der Waals surface area contributed by atoms with Gasteiger partial charge in [0, 0.05) is 11.3 Å². The van der Waals surface area contributed by atoms with E-state index in [9.17, 15) is 20.0 Å². The van der Waals surface area contributed by atoms with Crippen LogP contribution in [0.25, 0.3) is 11.3 Å². The number of urea groups is 1. The van der Waals surface area contributed by atoms with Crippen molar-refractivity contribution in [3.05, 3.63) is 53.7 Å². The minimum absolute atomic E-state index is 0.0862. The normalized spacial score (nSPS) is 17.4. The molecule has 2 N–H and O–H groups in total. The molecule has 1 aromatic heterocycles. The molecule has 2 aromatic rings. The van der Waals surface area contributed by atoms with Crippen LogP contribution in [0.15, 0.2) is 52.4 Å². The highest BCUT2D eigenvalue weighted by molar-refractivity contribution is 5.93. The van der Waals surface area contributed by atoms with Crippen molar-refractivity contribution < 1.29 is 19.1 Å². The summed E-state index contributed by atoms with van der Waals surface area (Å²) in [5, 5.41) is 21.2. The van der Waals surface area contributed by atoms with Crippen molar-refractivity contribution in [3.8, 4) is 17.4 Å². The van der Waals surface area contributed by atoms with E-state index in [4.69, 9.17) is 4.42 Å². The number of nitriles is 1. The molecule has 1 aromatic carbocycles. The van der Waals surface area contributed by atoms with Crippen molar-refractivity contribution in [3.63, 3.8) is 0 Å². The van der Waals surface area contributed by atoms with E-state index in [1.807, 2.05) is 12.1 Å². The second-order valence-corrected chi connectivity index (χ2v) is 5.07. The van der Waals surface area contributed by atoms with E-state index in [1.165, 1.54) is 6.92 Å². The van der Waals surface area contributed by atoms with Crippen molar-refractivity contribution in [1.82, 2.24) is 15.2 Å². The number of oxazole rings is 1. The molecule has 1 atom stereocenters. The summed E-state index contributed by atoms with van der Waals surface area (Å²) in [5.74, 6) is 0.308. The highest BCUT2D eigenvalue weighted by atomic mass is 16.4. The van der Waals surface area contributed by atoms with Crippen LogP contribution in [-0.4, -0.2) is 27.1 Å². The molecule has 8 nitrogen and oxygen atoms in total. The van der Waals surface area contributed by atoms with Crippen molar-refractivity contribution in [2.45, 2.75) is 13.0 Å². The zero-order valence-corrected chi connectivity index (χ0v) is 12.6. The zero-order valence-electron chi connectivity index (χ0n) is 12.6. The molecule has 24 heavy (non-hydrogen) atoms. The lowest BCUT2D eigenvalue weighted by molar-refractivity contribution is 0.135. The van der Waals surface area contributed by atoms with Crippen LogP contribution in [-0.2, 0) is 0 Å². The molecular formula is C16H12N4O4. The number of aromatic nitrogens is 1. The molecule has 1 unspecified atom stereocenters. The maximum Gasteiger partial charge on any atom is 0.416 e. The molecule has 0 bridgehead atoms. The van der Waals surface area contributed by atoms with Crippen LogP contribution in [0.4, 0.5) is 9.59 Å². The van der Waals surface area contributed by atoms with Gasteiger partial charge >= 0.3 is 12.1 Å². The number of allylic oxidation sites excluding steroid dienone is 1. The van der Waals surface area contributed by atoms with Gasteiger partial charge in [0.05, 0.1) is 11.6 Å². The van der Waals surface area contributed by atoms with Gasteiger partial charge in [-0.1, -0.05) is 30.3 Å². The zero-order chi connectivity index (χ0) is 17.3. The number of imide groups is 1. The lowest BCUT2D eigenvalue weighted by Crippen LogP contribution is -2.49. The first-order chi connectivity index (χ1) is 11.5. The third-order valence-corrected chi connectivity index (χ3v) is 3.67. The summed E-state index contributed by atoms with van der Waals surface area (Å²) in [6, 6.07) is 8.87. The standard InChI is InChI=1S/C16H12N4O4/c1-9-11(7-17)13(20(16(22)23)15(21)19-9)12-14(24-8-18-12)10-5-3-2-4-6-10/h2-6,8,13H,1H3,(H,19,21)(H,22,23). The summed E-state index contributed by atoms with van der Waals surface area (Å²) >= 11 is 0.